The van der Waals surface area contributed by atoms with Gasteiger partial charge in [-0.3, -0.25) is 0 Å². The molecule has 0 N–H and O–H groups in total. The Balaban J connectivity index is 2.91. The first-order valence-electron chi connectivity index (χ1n) is 4.85. The molecule has 0 aliphatic heterocycles. The third-order valence-electron chi connectivity index (χ3n) is 2.35. The van der Waals surface area contributed by atoms with Crippen LogP contribution in [0.25, 0.3) is 0 Å². The Bertz CT molecular complexity index is 388. The first-order valence-corrected chi connectivity index (χ1v) is 8.90. The van der Waals surface area contributed by atoms with Gasteiger partial charge < -0.3 is 0 Å². The van der Waals surface area contributed by atoms with Crippen LogP contribution in [0.1, 0.15) is 25.7 Å². The number of halogens is 4. The third-order valence-corrected chi connectivity index (χ3v) is 7.24. The average Bonchev–Trinajstić information content (AvgIpc) is 2.78. The molecule has 0 spiro atoms. The van der Waals surface area contributed by atoms with E-state index < -0.39 is 15.2 Å². The van der Waals surface area contributed by atoms with Crippen molar-refractivity contribution in [2.75, 3.05) is 5.21 Å². The highest BCUT2D eigenvalue weighted by molar-refractivity contribution is 8.12. The second kappa shape index (κ2) is 7.08. The van der Waals surface area contributed by atoms with E-state index >= 15 is 0 Å². The number of nitrogens with zero attached hydrogens (tertiary/aromatic N) is 1. The standard InChI is InChI=1S/C8H11Cl4NO2S2/c9-5-17(14,15)13(6-3-1-2-4-6)16-8(12)7(10)11/h6H,1-5H2. The van der Waals surface area contributed by atoms with Crippen LogP contribution in [0.4, 0.5) is 0 Å². The van der Waals surface area contributed by atoms with Crippen LogP contribution in [-0.2, 0) is 10.0 Å². The van der Waals surface area contributed by atoms with E-state index in [1.807, 2.05) is 0 Å². The normalized spacial score (nSPS) is 17.7. The maximum atomic E-state index is 11.9. The monoisotopic (exact) mass is 357 g/mol. The Morgan fingerprint density at radius 2 is 1.76 bits per heavy atom. The molecule has 0 heterocycles. The van der Waals surface area contributed by atoms with E-state index in [4.69, 9.17) is 46.4 Å². The summed E-state index contributed by atoms with van der Waals surface area (Å²) in [6.07, 6.45) is 3.59. The SMILES string of the molecule is O=S(=O)(CCl)N(SC(Cl)=C(Cl)Cl)C1CCCC1. The molecular weight excluding hydrogens is 348 g/mol. The van der Waals surface area contributed by atoms with Crippen LogP contribution < -0.4 is 0 Å². The van der Waals surface area contributed by atoms with E-state index in [2.05, 4.69) is 0 Å². The molecule has 0 unspecified atom stereocenters. The Morgan fingerprint density at radius 3 is 2.18 bits per heavy atom. The lowest BCUT2D eigenvalue weighted by Gasteiger charge is -2.25. The van der Waals surface area contributed by atoms with Crippen molar-refractivity contribution in [1.82, 2.24) is 3.71 Å². The molecule has 0 aromatic heterocycles. The molecule has 3 nitrogen and oxygen atoms in total. The molecule has 9 heteroatoms. The Morgan fingerprint density at radius 1 is 1.24 bits per heavy atom. The molecule has 17 heavy (non-hydrogen) atoms. The number of hydrogen-bond acceptors (Lipinski definition) is 3. The van der Waals surface area contributed by atoms with E-state index in [-0.39, 0.29) is 14.9 Å². The van der Waals surface area contributed by atoms with Gasteiger partial charge in [0.05, 0.1) is 0 Å². The molecular formula is C8H11Cl4NO2S2. The quantitative estimate of drug-likeness (QED) is 0.544. The fourth-order valence-electron chi connectivity index (χ4n) is 1.64. The van der Waals surface area contributed by atoms with E-state index in [1.54, 1.807) is 0 Å². The van der Waals surface area contributed by atoms with Crippen LogP contribution in [0.3, 0.4) is 0 Å². The average molecular weight is 359 g/mol. The number of sulfonamides is 1. The molecule has 0 saturated heterocycles. The van der Waals surface area contributed by atoms with Gasteiger partial charge in [0.15, 0.2) is 0 Å². The summed E-state index contributed by atoms with van der Waals surface area (Å²) in [5, 5.41) is -0.486. The van der Waals surface area contributed by atoms with Crippen LogP contribution in [0.15, 0.2) is 8.86 Å². The Hall–Kier alpha value is 1.16. The molecule has 100 valence electrons. The summed E-state index contributed by atoms with van der Waals surface area (Å²) in [5.41, 5.74) is 0. The van der Waals surface area contributed by atoms with Gasteiger partial charge in [0.25, 0.3) is 0 Å². The topological polar surface area (TPSA) is 37.4 Å². The van der Waals surface area contributed by atoms with Crippen molar-refractivity contribution in [3.8, 4) is 0 Å². The van der Waals surface area contributed by atoms with Gasteiger partial charge in [0.2, 0.25) is 10.0 Å². The minimum Gasteiger partial charge on any atom is -0.210 e. The lowest BCUT2D eigenvalue weighted by molar-refractivity contribution is 0.467. The molecule has 0 atom stereocenters. The number of hydrogen-bond donors (Lipinski definition) is 0. The third kappa shape index (κ3) is 4.64. The molecule has 0 aromatic rings. The molecule has 1 fully saturated rings. The van der Waals surface area contributed by atoms with Gasteiger partial charge in [-0.1, -0.05) is 47.6 Å². The number of rotatable bonds is 5. The van der Waals surface area contributed by atoms with Crippen molar-refractivity contribution in [1.29, 1.82) is 0 Å². The van der Waals surface area contributed by atoms with Crippen LogP contribution in [0.5, 0.6) is 0 Å². The highest BCUT2D eigenvalue weighted by Gasteiger charge is 2.33. The van der Waals surface area contributed by atoms with Gasteiger partial charge in [-0.05, 0) is 24.8 Å². The molecule has 1 rings (SSSR count). The van der Waals surface area contributed by atoms with Gasteiger partial charge in [-0.2, -0.15) is 0 Å². The Labute approximate surface area is 126 Å². The lowest BCUT2D eigenvalue weighted by Crippen LogP contribution is -2.33. The lowest BCUT2D eigenvalue weighted by atomic mass is 10.3. The van der Waals surface area contributed by atoms with E-state index in [0.29, 0.717) is 0 Å². The predicted molar refractivity (Wildman–Crippen MR) is 75.9 cm³/mol. The van der Waals surface area contributed by atoms with Crippen LogP contribution >= 0.6 is 58.4 Å². The van der Waals surface area contributed by atoms with Gasteiger partial charge in [0.1, 0.15) is 14.1 Å². The van der Waals surface area contributed by atoms with Crippen molar-refractivity contribution in [2.45, 2.75) is 31.7 Å². The first-order chi connectivity index (χ1) is 7.88. The molecule has 1 saturated carbocycles. The molecule has 0 aromatic carbocycles. The maximum Gasteiger partial charge on any atom is 0.237 e. The number of alkyl halides is 1. The summed E-state index contributed by atoms with van der Waals surface area (Å²) in [4.78, 5) is 0. The smallest absolute Gasteiger partial charge is 0.210 e. The minimum atomic E-state index is -3.55. The fraction of sp³-hybridized carbons (Fsp3) is 0.750. The first kappa shape index (κ1) is 16.2. The van der Waals surface area contributed by atoms with Crippen molar-refractivity contribution in [2.24, 2.45) is 0 Å². The molecule has 0 radical (unpaired) electrons. The molecule has 0 bridgehead atoms. The zero-order valence-electron chi connectivity index (χ0n) is 8.70. The van der Waals surface area contributed by atoms with Gasteiger partial charge in [-0.25, -0.2) is 8.42 Å². The maximum absolute atomic E-state index is 11.9. The second-order valence-corrected chi connectivity index (χ2v) is 8.74. The van der Waals surface area contributed by atoms with Crippen molar-refractivity contribution in [3.63, 3.8) is 0 Å². The summed E-state index contributed by atoms with van der Waals surface area (Å²) >= 11 is 23.1. The summed E-state index contributed by atoms with van der Waals surface area (Å²) in [6, 6.07) is -0.0924. The van der Waals surface area contributed by atoms with E-state index in [0.717, 1.165) is 37.6 Å². The van der Waals surface area contributed by atoms with E-state index in [9.17, 15) is 8.42 Å². The minimum absolute atomic E-state index is 0.0360. The summed E-state index contributed by atoms with van der Waals surface area (Å²) in [7, 11) is -3.55. The van der Waals surface area contributed by atoms with Crippen LogP contribution in [0.2, 0.25) is 0 Å². The zero-order valence-corrected chi connectivity index (χ0v) is 13.4. The van der Waals surface area contributed by atoms with Gasteiger partial charge in [0, 0.05) is 6.04 Å². The van der Waals surface area contributed by atoms with Gasteiger partial charge >= 0.3 is 0 Å². The van der Waals surface area contributed by atoms with Gasteiger partial charge in [-0.15, -0.1) is 15.3 Å². The van der Waals surface area contributed by atoms with Crippen LogP contribution in [-0.4, -0.2) is 23.4 Å². The van der Waals surface area contributed by atoms with Crippen molar-refractivity contribution in [3.05, 3.63) is 8.86 Å². The zero-order chi connectivity index (χ0) is 13.1. The second-order valence-electron chi connectivity index (χ2n) is 3.54. The largest absolute Gasteiger partial charge is 0.237 e. The molecule has 1 aliphatic carbocycles. The van der Waals surface area contributed by atoms with Crippen LogP contribution in [0, 0.1) is 0 Å². The Kier molecular flexibility index (Phi) is 6.75. The van der Waals surface area contributed by atoms with E-state index in [1.165, 1.54) is 3.71 Å². The summed E-state index contributed by atoms with van der Waals surface area (Å²) < 4.78 is 24.8. The highest BCUT2D eigenvalue weighted by atomic mass is 35.5. The fourth-order valence-corrected chi connectivity index (χ4v) is 4.86. The summed E-state index contributed by atoms with van der Waals surface area (Å²) in [5.74, 6) is 0. The van der Waals surface area contributed by atoms with Crippen molar-refractivity contribution >= 4 is 68.4 Å². The predicted octanol–water partition coefficient (Wildman–Crippen LogP) is 4.25. The molecule has 1 aliphatic rings. The molecule has 0 amide bonds. The summed E-state index contributed by atoms with van der Waals surface area (Å²) in [6.45, 7) is 0. The highest BCUT2D eigenvalue weighted by Crippen LogP contribution is 2.39. The van der Waals surface area contributed by atoms with Crippen molar-refractivity contribution < 1.29 is 8.42 Å².